The number of halogens is 2. The fourth-order valence-corrected chi connectivity index (χ4v) is 3.22. The zero-order valence-electron chi connectivity index (χ0n) is 15.9. The van der Waals surface area contributed by atoms with Gasteiger partial charge in [-0.05, 0) is 48.2 Å². The summed E-state index contributed by atoms with van der Waals surface area (Å²) in [7, 11) is 0. The Morgan fingerprint density at radius 1 is 1.23 bits per heavy atom. The van der Waals surface area contributed by atoms with Crippen LogP contribution in [0.2, 0.25) is 5.02 Å². The summed E-state index contributed by atoms with van der Waals surface area (Å²) in [6.07, 6.45) is 7.50. The molecule has 0 aliphatic rings. The van der Waals surface area contributed by atoms with E-state index < -0.39 is 10.3 Å². The third-order valence-electron chi connectivity index (χ3n) is 3.79. The molecule has 0 saturated heterocycles. The van der Waals surface area contributed by atoms with Crippen molar-refractivity contribution in [3.8, 4) is 5.75 Å². The fraction of sp³-hybridized carbons (Fsp3) is 0.211. The molecule has 0 fully saturated rings. The van der Waals surface area contributed by atoms with Crippen LogP contribution in [0, 0.1) is 10.1 Å². The van der Waals surface area contributed by atoms with Crippen molar-refractivity contribution >= 4 is 35.0 Å². The van der Waals surface area contributed by atoms with Crippen molar-refractivity contribution in [2.75, 3.05) is 13.0 Å². The minimum Gasteiger partial charge on any atom is -0.467 e. The Labute approximate surface area is 187 Å². The van der Waals surface area contributed by atoms with Crippen LogP contribution in [0.1, 0.15) is 5.56 Å². The Morgan fingerprint density at radius 2 is 1.87 bits per heavy atom. The first-order chi connectivity index (χ1) is 14.3. The molecule has 2 aromatic carbocycles. The largest absolute Gasteiger partial charge is 0.467 e. The molecule has 1 atom stereocenters. The summed E-state index contributed by atoms with van der Waals surface area (Å²) in [4.78, 5) is 13.6. The molecule has 0 spiro atoms. The van der Waals surface area contributed by atoms with Gasteiger partial charge in [-0.3, -0.25) is 4.57 Å². The van der Waals surface area contributed by atoms with Crippen LogP contribution in [0.4, 0.5) is 0 Å². The Kier molecular flexibility index (Phi) is 9.25. The van der Waals surface area contributed by atoms with E-state index in [0.29, 0.717) is 11.4 Å². The number of imidazole rings is 1. The molecule has 1 unspecified atom stereocenters. The lowest BCUT2D eigenvalue weighted by molar-refractivity contribution is -0.742. The summed E-state index contributed by atoms with van der Waals surface area (Å²) >= 11 is 14.4. The topological polar surface area (TPSA) is 99.7 Å². The lowest BCUT2D eigenvalue weighted by Gasteiger charge is -2.28. The molecule has 0 radical (unpaired) electrons. The summed E-state index contributed by atoms with van der Waals surface area (Å²) in [6, 6.07) is 15.3. The van der Waals surface area contributed by atoms with Crippen LogP contribution in [-0.2, 0) is 16.3 Å². The van der Waals surface area contributed by atoms with Gasteiger partial charge in [0.2, 0.25) is 5.18 Å². The monoisotopic (exact) mass is 471 g/mol. The fourth-order valence-electron chi connectivity index (χ4n) is 2.39. The smallest absolute Gasteiger partial charge is 0.291 e. The molecular weight excluding hydrogens is 453 g/mol. The SMILES string of the molecule is CSc1ccc(OCOC(Cl)(Cc2ccc(Cl)cc2)n2ccnc2)cc1.O=[N+]([O-])O. The number of hydrogen-bond donors (Lipinski definition) is 1. The summed E-state index contributed by atoms with van der Waals surface area (Å²) in [6.45, 7) is 0.00782. The molecule has 1 aromatic heterocycles. The maximum absolute atomic E-state index is 8.36. The van der Waals surface area contributed by atoms with E-state index in [9.17, 15) is 0 Å². The number of hydrogen-bond acceptors (Lipinski definition) is 6. The van der Waals surface area contributed by atoms with Gasteiger partial charge in [-0.2, -0.15) is 0 Å². The van der Waals surface area contributed by atoms with E-state index in [-0.39, 0.29) is 6.79 Å². The van der Waals surface area contributed by atoms with E-state index in [1.165, 1.54) is 4.90 Å². The average molecular weight is 472 g/mol. The van der Waals surface area contributed by atoms with Crippen LogP contribution in [0.5, 0.6) is 5.75 Å². The number of nitrogens with zero attached hydrogens (tertiary/aromatic N) is 3. The second kappa shape index (κ2) is 11.7. The molecule has 1 heterocycles. The van der Waals surface area contributed by atoms with Crippen LogP contribution in [0.15, 0.2) is 72.1 Å². The molecule has 3 aromatic rings. The maximum atomic E-state index is 8.36. The lowest BCUT2D eigenvalue weighted by Crippen LogP contribution is -2.33. The van der Waals surface area contributed by atoms with Gasteiger partial charge in [0.1, 0.15) is 5.75 Å². The van der Waals surface area contributed by atoms with Crippen molar-refractivity contribution in [1.29, 1.82) is 0 Å². The lowest BCUT2D eigenvalue weighted by atomic mass is 10.1. The Hall–Kier alpha value is -2.46. The zero-order valence-corrected chi connectivity index (χ0v) is 18.2. The predicted octanol–water partition coefficient (Wildman–Crippen LogP) is 5.06. The molecule has 3 rings (SSSR count). The Morgan fingerprint density at radius 3 is 2.40 bits per heavy atom. The first-order valence-corrected chi connectivity index (χ1v) is 10.5. The van der Waals surface area contributed by atoms with Gasteiger partial charge in [0, 0.05) is 28.7 Å². The van der Waals surface area contributed by atoms with Crippen molar-refractivity contribution in [2.24, 2.45) is 0 Å². The first-order valence-electron chi connectivity index (χ1n) is 8.48. The number of ether oxygens (including phenoxy) is 2. The predicted molar refractivity (Wildman–Crippen MR) is 115 cm³/mol. The summed E-state index contributed by atoms with van der Waals surface area (Å²) in [5, 5.41) is 13.2. The van der Waals surface area contributed by atoms with Crippen LogP contribution >= 0.6 is 35.0 Å². The minimum atomic E-state index is -1.50. The summed E-state index contributed by atoms with van der Waals surface area (Å²) in [5.41, 5.74) is 0.988. The minimum absolute atomic E-state index is 0.00782. The van der Waals surface area contributed by atoms with E-state index in [0.717, 1.165) is 11.3 Å². The molecule has 0 aliphatic heterocycles. The van der Waals surface area contributed by atoms with E-state index in [1.807, 2.05) is 54.8 Å². The van der Waals surface area contributed by atoms with Gasteiger partial charge in [-0.25, -0.2) is 4.98 Å². The second-order valence-corrected chi connectivity index (χ2v) is 7.69. The molecule has 0 amide bonds. The number of thioether (sulfide) groups is 1. The van der Waals surface area contributed by atoms with E-state index in [2.05, 4.69) is 4.98 Å². The van der Waals surface area contributed by atoms with Crippen molar-refractivity contribution in [3.05, 3.63) is 88.0 Å². The summed E-state index contributed by atoms with van der Waals surface area (Å²) < 4.78 is 13.3. The molecule has 0 aliphatic carbocycles. The normalized spacial score (nSPS) is 12.4. The van der Waals surface area contributed by atoms with Gasteiger partial charge in [0.15, 0.2) is 6.79 Å². The Balaban J connectivity index is 0.000000735. The number of aromatic nitrogens is 2. The highest BCUT2D eigenvalue weighted by Gasteiger charge is 2.31. The highest BCUT2D eigenvalue weighted by atomic mass is 35.5. The second-order valence-electron chi connectivity index (χ2n) is 5.78. The Bertz CT molecular complexity index is 907. The highest BCUT2D eigenvalue weighted by Crippen LogP contribution is 2.29. The molecule has 0 saturated carbocycles. The zero-order chi connectivity index (χ0) is 22.0. The molecule has 0 bridgehead atoms. The molecule has 8 nitrogen and oxygen atoms in total. The van der Waals surface area contributed by atoms with E-state index in [1.54, 1.807) is 35.0 Å². The van der Waals surface area contributed by atoms with Gasteiger partial charge >= 0.3 is 0 Å². The van der Waals surface area contributed by atoms with Gasteiger partial charge in [0.05, 0.1) is 6.33 Å². The third-order valence-corrected chi connectivity index (χ3v) is 5.22. The molecule has 30 heavy (non-hydrogen) atoms. The highest BCUT2D eigenvalue weighted by molar-refractivity contribution is 7.98. The molecular formula is C19H19Cl2N3O5S. The van der Waals surface area contributed by atoms with Crippen LogP contribution in [-0.4, -0.2) is 32.9 Å². The van der Waals surface area contributed by atoms with Gasteiger partial charge in [-0.1, -0.05) is 35.3 Å². The maximum Gasteiger partial charge on any atom is 0.291 e. The summed E-state index contributed by atoms with van der Waals surface area (Å²) in [5.74, 6) is 0.721. The number of rotatable bonds is 8. The van der Waals surface area contributed by atoms with Crippen LogP contribution in [0.25, 0.3) is 0 Å². The molecule has 1 N–H and O–H groups in total. The van der Waals surface area contributed by atoms with E-state index in [4.69, 9.17) is 48.0 Å². The molecule has 160 valence electrons. The van der Waals surface area contributed by atoms with Gasteiger partial charge in [-0.15, -0.1) is 21.9 Å². The standard InChI is InChI=1S/C19H18Cl2N2O2S.HNO3/c1-26-18-8-6-17(7-9-18)24-14-25-19(21,23-11-10-22-13-23)12-15-2-4-16(20)5-3-15;2-1(3)4/h2-11,13H,12,14H2,1H3;(H,2,3,4). The van der Waals surface area contributed by atoms with E-state index >= 15 is 0 Å². The van der Waals surface area contributed by atoms with Crippen LogP contribution in [0.3, 0.4) is 0 Å². The first kappa shape index (κ1) is 23.8. The van der Waals surface area contributed by atoms with Crippen molar-refractivity contribution < 1.29 is 19.8 Å². The quantitative estimate of drug-likeness (QED) is 0.161. The average Bonchev–Trinajstić information content (AvgIpc) is 3.26. The van der Waals surface area contributed by atoms with Crippen LogP contribution < -0.4 is 4.74 Å². The molecule has 11 heteroatoms. The van der Waals surface area contributed by atoms with Crippen molar-refractivity contribution in [2.45, 2.75) is 16.5 Å². The number of alkyl halides is 1. The van der Waals surface area contributed by atoms with Gasteiger partial charge in [0.25, 0.3) is 5.09 Å². The third kappa shape index (κ3) is 7.75. The van der Waals surface area contributed by atoms with Crippen molar-refractivity contribution in [1.82, 2.24) is 9.55 Å². The number of benzene rings is 2. The van der Waals surface area contributed by atoms with Gasteiger partial charge < -0.3 is 14.7 Å². The van der Waals surface area contributed by atoms with Crippen molar-refractivity contribution in [3.63, 3.8) is 0 Å².